The summed E-state index contributed by atoms with van der Waals surface area (Å²) in [7, 11) is 3.07. The Kier molecular flexibility index (Phi) is 9.31. The molecular formula is C32H32N4O6S. The number of fused-ring (bicyclic) bond motifs is 1. The maximum absolute atomic E-state index is 14.2. The summed E-state index contributed by atoms with van der Waals surface area (Å²) in [5.74, 6) is 1.41. The molecular weight excluding hydrogens is 568 g/mol. The van der Waals surface area contributed by atoms with Gasteiger partial charge in [0.05, 0.1) is 20.0 Å². The molecule has 4 aromatic rings. The maximum Gasteiger partial charge on any atom is 0.251 e. The van der Waals surface area contributed by atoms with Crippen molar-refractivity contribution < 1.29 is 28.5 Å². The van der Waals surface area contributed by atoms with Gasteiger partial charge in [-0.3, -0.25) is 9.59 Å². The van der Waals surface area contributed by atoms with Gasteiger partial charge in [0, 0.05) is 29.7 Å². The Morgan fingerprint density at radius 1 is 0.907 bits per heavy atom. The lowest BCUT2D eigenvalue weighted by Gasteiger charge is -2.32. The largest absolute Gasteiger partial charge is 0.493 e. The number of amides is 2. The SMILES string of the molecule is COc1ccc([C@@H](C(=O)Nc2ccc3c(c2)OCO3)N(Cc2ccccc2)C(=O)CSc2nc(C)cc(C)n2)cc1OC. The molecule has 1 aliphatic rings. The van der Waals surface area contributed by atoms with Gasteiger partial charge in [-0.25, -0.2) is 9.97 Å². The van der Waals surface area contributed by atoms with Crippen molar-refractivity contribution >= 4 is 29.3 Å². The standard InChI is InChI=1S/C32H32N4O6S/c1-20-14-21(2)34-32(33-20)43-18-29(37)36(17-22-8-6-5-7-9-22)30(23-10-12-25(39-3)27(15-23)40-4)31(38)35-24-11-13-26-28(16-24)42-19-41-26/h5-16,30H,17-19H2,1-4H3,(H,35,38)/t30-/m0/s1. The molecule has 1 aliphatic heterocycles. The molecule has 0 aliphatic carbocycles. The van der Waals surface area contributed by atoms with Crippen LogP contribution in [0.4, 0.5) is 5.69 Å². The highest BCUT2D eigenvalue weighted by Crippen LogP contribution is 2.36. The Labute approximate surface area is 254 Å². The number of thioether (sulfide) groups is 1. The number of benzene rings is 3. The van der Waals surface area contributed by atoms with E-state index in [-0.39, 0.29) is 25.0 Å². The van der Waals surface area contributed by atoms with E-state index in [1.54, 1.807) is 48.4 Å². The van der Waals surface area contributed by atoms with Crippen molar-refractivity contribution in [3.05, 3.63) is 95.3 Å². The van der Waals surface area contributed by atoms with Crippen LogP contribution in [0.5, 0.6) is 23.0 Å². The average molecular weight is 601 g/mol. The zero-order valence-corrected chi connectivity index (χ0v) is 25.1. The lowest BCUT2D eigenvalue weighted by molar-refractivity contribution is -0.137. The van der Waals surface area contributed by atoms with Gasteiger partial charge in [0.25, 0.3) is 5.91 Å². The second-order valence-electron chi connectivity index (χ2n) is 9.80. The zero-order valence-electron chi connectivity index (χ0n) is 24.3. The molecule has 0 unspecified atom stereocenters. The van der Waals surface area contributed by atoms with Gasteiger partial charge in [-0.1, -0.05) is 48.2 Å². The van der Waals surface area contributed by atoms with E-state index in [0.717, 1.165) is 17.0 Å². The molecule has 0 bridgehead atoms. The molecule has 0 saturated heterocycles. The molecule has 2 amide bonds. The molecule has 10 nitrogen and oxygen atoms in total. The number of carbonyl (C=O) groups is 2. The smallest absolute Gasteiger partial charge is 0.251 e. The molecule has 0 spiro atoms. The normalized spacial score (nSPS) is 12.4. The minimum atomic E-state index is -1.03. The van der Waals surface area contributed by atoms with Crippen LogP contribution < -0.4 is 24.3 Å². The Bertz CT molecular complexity index is 1600. The predicted octanol–water partition coefficient (Wildman–Crippen LogP) is 5.34. The van der Waals surface area contributed by atoms with Gasteiger partial charge >= 0.3 is 0 Å². The van der Waals surface area contributed by atoms with E-state index in [0.29, 0.717) is 39.4 Å². The monoisotopic (exact) mass is 600 g/mol. The van der Waals surface area contributed by atoms with Gasteiger partial charge < -0.3 is 29.2 Å². The first-order valence-electron chi connectivity index (χ1n) is 13.6. The van der Waals surface area contributed by atoms with Crippen molar-refractivity contribution in [2.45, 2.75) is 31.6 Å². The van der Waals surface area contributed by atoms with E-state index in [9.17, 15) is 9.59 Å². The second-order valence-corrected chi connectivity index (χ2v) is 10.7. The number of methoxy groups -OCH3 is 2. The van der Waals surface area contributed by atoms with Gasteiger partial charge in [-0.05, 0) is 55.3 Å². The van der Waals surface area contributed by atoms with Gasteiger partial charge in [-0.2, -0.15) is 0 Å². The van der Waals surface area contributed by atoms with Crippen LogP contribution in [0.15, 0.2) is 78.0 Å². The number of nitrogens with zero attached hydrogens (tertiary/aromatic N) is 3. The van der Waals surface area contributed by atoms with E-state index >= 15 is 0 Å². The number of anilines is 1. The number of aromatic nitrogens is 2. The van der Waals surface area contributed by atoms with Crippen LogP contribution >= 0.6 is 11.8 Å². The van der Waals surface area contributed by atoms with Crippen LogP contribution in [-0.4, -0.2) is 53.4 Å². The highest BCUT2D eigenvalue weighted by atomic mass is 32.2. The minimum absolute atomic E-state index is 0.0246. The topological polar surface area (TPSA) is 112 Å². The third kappa shape index (κ3) is 7.18. The number of ether oxygens (including phenoxy) is 4. The molecule has 0 radical (unpaired) electrons. The molecule has 1 atom stereocenters. The fourth-order valence-corrected chi connectivity index (χ4v) is 5.59. The van der Waals surface area contributed by atoms with Crippen molar-refractivity contribution in [1.29, 1.82) is 0 Å². The molecule has 1 N–H and O–H groups in total. The summed E-state index contributed by atoms with van der Waals surface area (Å²) < 4.78 is 21.9. The summed E-state index contributed by atoms with van der Waals surface area (Å²) in [5.41, 5.74) is 3.55. The number of hydrogen-bond donors (Lipinski definition) is 1. The predicted molar refractivity (Wildman–Crippen MR) is 163 cm³/mol. The van der Waals surface area contributed by atoms with Crippen LogP contribution in [0.3, 0.4) is 0 Å². The first kappa shape index (κ1) is 29.7. The molecule has 1 aromatic heterocycles. The summed E-state index contributed by atoms with van der Waals surface area (Å²) in [6, 6.07) is 20.7. The van der Waals surface area contributed by atoms with E-state index in [1.165, 1.54) is 18.9 Å². The zero-order chi connectivity index (χ0) is 30.3. The Balaban J connectivity index is 1.52. The van der Waals surface area contributed by atoms with Crippen molar-refractivity contribution in [2.75, 3.05) is 32.1 Å². The molecule has 222 valence electrons. The van der Waals surface area contributed by atoms with Crippen molar-refractivity contribution in [3.63, 3.8) is 0 Å². The molecule has 11 heteroatoms. The molecule has 5 rings (SSSR count). The van der Waals surface area contributed by atoms with Crippen molar-refractivity contribution in [1.82, 2.24) is 14.9 Å². The molecule has 3 aromatic carbocycles. The summed E-state index contributed by atoms with van der Waals surface area (Å²) in [6.45, 7) is 4.06. The van der Waals surface area contributed by atoms with E-state index in [1.807, 2.05) is 50.2 Å². The van der Waals surface area contributed by atoms with Gasteiger partial charge in [0.15, 0.2) is 28.2 Å². The first-order valence-corrected chi connectivity index (χ1v) is 14.5. The fourth-order valence-electron chi connectivity index (χ4n) is 4.75. The van der Waals surface area contributed by atoms with Gasteiger partial charge in [0.1, 0.15) is 6.04 Å². The van der Waals surface area contributed by atoms with Crippen LogP contribution in [0, 0.1) is 13.8 Å². The quantitative estimate of drug-likeness (QED) is 0.180. The third-order valence-corrected chi connectivity index (χ3v) is 7.56. The number of carbonyl (C=O) groups excluding carboxylic acids is 2. The summed E-state index contributed by atoms with van der Waals surface area (Å²) >= 11 is 1.23. The molecule has 2 heterocycles. The third-order valence-electron chi connectivity index (χ3n) is 6.73. The molecule has 43 heavy (non-hydrogen) atoms. The van der Waals surface area contributed by atoms with Crippen molar-refractivity contribution in [3.8, 4) is 23.0 Å². The van der Waals surface area contributed by atoms with E-state index < -0.39 is 11.9 Å². The average Bonchev–Trinajstić information content (AvgIpc) is 3.47. The molecule has 0 fully saturated rings. The fraction of sp³-hybridized carbons (Fsp3) is 0.250. The first-order chi connectivity index (χ1) is 20.8. The van der Waals surface area contributed by atoms with Crippen LogP contribution in [0.1, 0.15) is 28.6 Å². The molecule has 0 saturated carbocycles. The Morgan fingerprint density at radius 2 is 1.63 bits per heavy atom. The highest BCUT2D eigenvalue weighted by molar-refractivity contribution is 7.99. The van der Waals surface area contributed by atoms with Crippen LogP contribution in [0.25, 0.3) is 0 Å². The summed E-state index contributed by atoms with van der Waals surface area (Å²) in [5, 5.41) is 3.47. The Hall–Kier alpha value is -4.77. The highest BCUT2D eigenvalue weighted by Gasteiger charge is 2.33. The van der Waals surface area contributed by atoms with Gasteiger partial charge in [0.2, 0.25) is 12.7 Å². The number of rotatable bonds is 11. The maximum atomic E-state index is 14.2. The van der Waals surface area contributed by atoms with Crippen LogP contribution in [-0.2, 0) is 16.1 Å². The number of hydrogen-bond acceptors (Lipinski definition) is 9. The number of aryl methyl sites for hydroxylation is 2. The van der Waals surface area contributed by atoms with Crippen molar-refractivity contribution in [2.24, 2.45) is 0 Å². The van der Waals surface area contributed by atoms with Gasteiger partial charge in [-0.15, -0.1) is 0 Å². The van der Waals surface area contributed by atoms with E-state index in [2.05, 4.69) is 15.3 Å². The van der Waals surface area contributed by atoms with E-state index in [4.69, 9.17) is 18.9 Å². The number of nitrogens with one attached hydrogen (secondary N) is 1. The van der Waals surface area contributed by atoms with Crippen LogP contribution in [0.2, 0.25) is 0 Å². The Morgan fingerprint density at radius 3 is 2.35 bits per heavy atom. The lowest BCUT2D eigenvalue weighted by atomic mass is 10.0. The minimum Gasteiger partial charge on any atom is -0.493 e. The summed E-state index contributed by atoms with van der Waals surface area (Å²) in [4.78, 5) is 38.7. The summed E-state index contributed by atoms with van der Waals surface area (Å²) in [6.07, 6.45) is 0. The second kappa shape index (κ2) is 13.5. The lowest BCUT2D eigenvalue weighted by Crippen LogP contribution is -2.41.